The van der Waals surface area contributed by atoms with E-state index in [4.69, 9.17) is 9.47 Å². The summed E-state index contributed by atoms with van der Waals surface area (Å²) >= 11 is 0. The fourth-order valence-corrected chi connectivity index (χ4v) is 8.69. The molecule has 0 aliphatic carbocycles. The first-order valence-electron chi connectivity index (χ1n) is 12.1. The number of nitrogens with zero attached hydrogens (tertiary/aromatic N) is 2. The van der Waals surface area contributed by atoms with Crippen molar-refractivity contribution in [2.24, 2.45) is 5.92 Å². The third-order valence-electron chi connectivity index (χ3n) is 7.61. The molecule has 2 aromatic rings. The van der Waals surface area contributed by atoms with Gasteiger partial charge >= 0.3 is 6.09 Å². The minimum Gasteiger partial charge on any atom is -0.447 e. The number of rotatable bonds is 6. The van der Waals surface area contributed by atoms with Crippen LogP contribution in [-0.2, 0) is 26.4 Å². The molecule has 5 rings (SSSR count). The molecular formula is C26H31FN2O5Si. The number of amides is 2. The van der Waals surface area contributed by atoms with Crippen LogP contribution in [0.5, 0.6) is 0 Å². The second-order valence-corrected chi connectivity index (χ2v) is 13.9. The second kappa shape index (κ2) is 8.72. The van der Waals surface area contributed by atoms with E-state index >= 15 is 4.11 Å². The Balaban J connectivity index is 1.65. The number of benzene rings is 2. The van der Waals surface area contributed by atoms with Gasteiger partial charge in [-0.3, -0.25) is 9.69 Å². The van der Waals surface area contributed by atoms with Gasteiger partial charge in [0.1, 0.15) is 6.61 Å². The monoisotopic (exact) mass is 498 g/mol. The van der Waals surface area contributed by atoms with Gasteiger partial charge in [0.05, 0.1) is 24.9 Å². The molecule has 0 unspecified atom stereocenters. The minimum atomic E-state index is -3.27. The zero-order chi connectivity index (χ0) is 25.0. The molecule has 0 radical (unpaired) electrons. The Kier molecular flexibility index (Phi) is 5.97. The van der Waals surface area contributed by atoms with Crippen LogP contribution in [0.1, 0.15) is 24.5 Å². The molecule has 3 aliphatic rings. The Morgan fingerprint density at radius 1 is 1.17 bits per heavy atom. The van der Waals surface area contributed by atoms with Gasteiger partial charge < -0.3 is 23.6 Å². The molecule has 2 amide bonds. The number of aliphatic hydroxyl groups excluding tert-OH is 1. The van der Waals surface area contributed by atoms with E-state index in [1.165, 1.54) is 4.90 Å². The molecule has 186 valence electrons. The zero-order valence-electron chi connectivity index (χ0n) is 20.2. The number of hydrogen-bond donors (Lipinski definition) is 1. The lowest BCUT2D eigenvalue weighted by molar-refractivity contribution is -0.146. The number of aliphatic hydroxyl groups is 1. The molecule has 3 heterocycles. The molecular weight excluding hydrogens is 467 g/mol. The van der Waals surface area contributed by atoms with Crippen molar-refractivity contribution < 1.29 is 28.3 Å². The first-order valence-corrected chi connectivity index (χ1v) is 15.1. The van der Waals surface area contributed by atoms with E-state index in [2.05, 4.69) is 0 Å². The maximum Gasteiger partial charge on any atom is 0.414 e. The largest absolute Gasteiger partial charge is 0.447 e. The predicted molar refractivity (Wildman–Crippen MR) is 133 cm³/mol. The summed E-state index contributed by atoms with van der Waals surface area (Å²) in [5.74, 6) is -0.674. The summed E-state index contributed by atoms with van der Waals surface area (Å²) in [4.78, 5) is 29.8. The van der Waals surface area contributed by atoms with E-state index in [1.54, 1.807) is 18.0 Å². The van der Waals surface area contributed by atoms with Crippen LogP contribution in [-0.4, -0.2) is 51.4 Å². The van der Waals surface area contributed by atoms with Gasteiger partial charge in [-0.25, -0.2) is 4.79 Å². The van der Waals surface area contributed by atoms with Gasteiger partial charge in [0, 0.05) is 29.3 Å². The average Bonchev–Trinajstić information content (AvgIpc) is 3.44. The quantitative estimate of drug-likeness (QED) is 0.473. The number of ether oxygens (including phenoxy) is 2. The summed E-state index contributed by atoms with van der Waals surface area (Å²) in [7, 11) is -3.27. The van der Waals surface area contributed by atoms with Gasteiger partial charge in [-0.05, 0) is 43.3 Å². The summed E-state index contributed by atoms with van der Waals surface area (Å²) in [5.41, 5.74) is 1.07. The first-order chi connectivity index (χ1) is 16.7. The van der Waals surface area contributed by atoms with E-state index < -0.39 is 37.7 Å². The maximum atomic E-state index is 15.7. The number of hydrogen-bond acceptors (Lipinski definition) is 5. The van der Waals surface area contributed by atoms with Crippen LogP contribution in [0.25, 0.3) is 0 Å². The van der Waals surface area contributed by atoms with Crippen molar-refractivity contribution in [3.05, 3.63) is 59.7 Å². The van der Waals surface area contributed by atoms with Gasteiger partial charge in [0.2, 0.25) is 8.41 Å². The molecule has 1 N–H and O–H groups in total. The summed E-state index contributed by atoms with van der Waals surface area (Å²) < 4.78 is 27.3. The Labute approximate surface area is 205 Å². The van der Waals surface area contributed by atoms with Crippen molar-refractivity contribution in [3.63, 3.8) is 0 Å². The highest BCUT2D eigenvalue weighted by atomic mass is 28.4. The molecule has 2 aromatic carbocycles. The smallest absolute Gasteiger partial charge is 0.414 e. The molecule has 1 spiro atoms. The molecule has 4 atom stereocenters. The maximum absolute atomic E-state index is 15.7. The van der Waals surface area contributed by atoms with Crippen molar-refractivity contribution in [3.8, 4) is 0 Å². The highest BCUT2D eigenvalue weighted by Gasteiger charge is 2.66. The number of carbonyl (C=O) groups is 2. The van der Waals surface area contributed by atoms with Crippen LogP contribution >= 0.6 is 0 Å². The van der Waals surface area contributed by atoms with E-state index in [0.29, 0.717) is 36.6 Å². The molecule has 0 bridgehead atoms. The van der Waals surface area contributed by atoms with Crippen LogP contribution in [0.4, 0.5) is 20.3 Å². The molecule has 9 heteroatoms. The second-order valence-electron chi connectivity index (χ2n) is 10.1. The summed E-state index contributed by atoms with van der Waals surface area (Å²) in [6, 6.07) is 15.2. The van der Waals surface area contributed by atoms with Gasteiger partial charge in [-0.2, -0.15) is 0 Å². The lowest BCUT2D eigenvalue weighted by Crippen LogP contribution is -2.45. The van der Waals surface area contributed by atoms with Crippen LogP contribution in [0.2, 0.25) is 18.6 Å². The van der Waals surface area contributed by atoms with Gasteiger partial charge in [-0.1, -0.05) is 37.3 Å². The van der Waals surface area contributed by atoms with Crippen molar-refractivity contribution in [1.82, 2.24) is 0 Å². The van der Waals surface area contributed by atoms with Crippen molar-refractivity contribution >= 4 is 31.8 Å². The lowest BCUT2D eigenvalue weighted by atomic mass is 9.82. The third kappa shape index (κ3) is 3.77. The summed E-state index contributed by atoms with van der Waals surface area (Å²) in [6.45, 7) is 6.09. The summed E-state index contributed by atoms with van der Waals surface area (Å²) in [5, 5.41) is 9.71. The number of cyclic esters (lactones) is 1. The summed E-state index contributed by atoms with van der Waals surface area (Å²) in [6.07, 6.45) is -0.745. The first kappa shape index (κ1) is 24.0. The Bertz CT molecular complexity index is 1140. The predicted octanol–water partition coefficient (Wildman–Crippen LogP) is 4.35. The minimum absolute atomic E-state index is 0.150. The zero-order valence-corrected chi connectivity index (χ0v) is 21.2. The van der Waals surface area contributed by atoms with Crippen LogP contribution in [0.15, 0.2) is 48.5 Å². The molecule has 3 aliphatic heterocycles. The molecule has 0 aromatic heterocycles. The number of carbonyl (C=O) groups excluding carboxylic acids is 2. The number of halogens is 1. The SMILES string of the molecule is C[C@H]1[C@H]([Si](C)(C)F)[C@@H](CCO)O[C@]12C(=O)N(Cc1ccccc1)c1ccc(N3CCOC3=O)cc12. The van der Waals surface area contributed by atoms with Gasteiger partial charge in [0.15, 0.2) is 5.60 Å². The van der Waals surface area contributed by atoms with Gasteiger partial charge in [0.25, 0.3) is 5.91 Å². The fraction of sp³-hybridized carbons (Fsp3) is 0.462. The van der Waals surface area contributed by atoms with Crippen LogP contribution in [0.3, 0.4) is 0 Å². The fourth-order valence-electron chi connectivity index (χ4n) is 6.15. The highest BCUT2D eigenvalue weighted by Crippen LogP contribution is 2.60. The van der Waals surface area contributed by atoms with Crippen LogP contribution in [0, 0.1) is 5.92 Å². The van der Waals surface area contributed by atoms with Crippen molar-refractivity contribution in [2.75, 3.05) is 29.6 Å². The molecule has 0 saturated carbocycles. The van der Waals surface area contributed by atoms with Crippen molar-refractivity contribution in [2.45, 2.75) is 50.2 Å². The lowest BCUT2D eigenvalue weighted by Gasteiger charge is -2.31. The van der Waals surface area contributed by atoms with Gasteiger partial charge in [-0.15, -0.1) is 0 Å². The molecule has 2 saturated heterocycles. The Hall–Kier alpha value is -2.75. The van der Waals surface area contributed by atoms with E-state index in [0.717, 1.165) is 5.56 Å². The Morgan fingerprint density at radius 2 is 1.91 bits per heavy atom. The molecule has 35 heavy (non-hydrogen) atoms. The van der Waals surface area contributed by atoms with E-state index in [9.17, 15) is 14.7 Å². The third-order valence-corrected chi connectivity index (χ3v) is 10.1. The number of fused-ring (bicyclic) bond motifs is 2. The van der Waals surface area contributed by atoms with E-state index in [1.807, 2.05) is 55.5 Å². The van der Waals surface area contributed by atoms with Crippen molar-refractivity contribution in [1.29, 1.82) is 0 Å². The molecule has 7 nitrogen and oxygen atoms in total. The highest BCUT2D eigenvalue weighted by molar-refractivity contribution is 6.72. The normalized spacial score (nSPS) is 28.2. The standard InChI is InChI=1S/C26H31FN2O5Si/c1-17-23(35(2,3)27)22(11-13-30)34-26(17)20-15-19(28-12-14-33-25(28)32)9-10-21(20)29(24(26)31)16-18-7-5-4-6-8-18/h4-10,15,17,22-23,30H,11-14,16H2,1-3H3/t17-,22+,23-,26+/m0/s1. The van der Waals surface area contributed by atoms with E-state index in [-0.39, 0.29) is 18.9 Å². The number of anilines is 2. The van der Waals surface area contributed by atoms with Crippen LogP contribution < -0.4 is 9.80 Å². The Morgan fingerprint density at radius 3 is 2.54 bits per heavy atom. The topological polar surface area (TPSA) is 79.3 Å². The molecule has 2 fully saturated rings. The average molecular weight is 499 g/mol.